The molecule has 0 spiro atoms. The number of hydrogen-bond acceptors (Lipinski definition) is 3. The standard InChI is InChI=1S/C16H21N3/c1-3-12(2)13-4-6-14(7-5-13)15(10-17)16-8-9-18-11-19-16/h4-9,11-12,15H,3,10,17H2,1-2H3. The third-order valence-electron chi connectivity index (χ3n) is 3.72. The third kappa shape index (κ3) is 3.18. The first-order chi connectivity index (χ1) is 9.26. The maximum Gasteiger partial charge on any atom is 0.115 e. The molecule has 0 bridgehead atoms. The van der Waals surface area contributed by atoms with Crippen LogP contribution >= 0.6 is 0 Å². The van der Waals surface area contributed by atoms with Gasteiger partial charge in [0.2, 0.25) is 0 Å². The molecule has 3 heteroatoms. The van der Waals surface area contributed by atoms with Crippen molar-refractivity contribution in [2.75, 3.05) is 6.54 Å². The molecule has 1 aromatic carbocycles. The number of nitrogens with zero attached hydrogens (tertiary/aromatic N) is 2. The molecule has 3 nitrogen and oxygen atoms in total. The van der Waals surface area contributed by atoms with Crippen molar-refractivity contribution in [3.8, 4) is 0 Å². The van der Waals surface area contributed by atoms with E-state index in [2.05, 4.69) is 48.1 Å². The Bertz CT molecular complexity index is 493. The fourth-order valence-corrected chi connectivity index (χ4v) is 2.23. The minimum absolute atomic E-state index is 0.147. The van der Waals surface area contributed by atoms with Crippen LogP contribution in [0.1, 0.15) is 48.9 Å². The Labute approximate surface area is 114 Å². The van der Waals surface area contributed by atoms with Gasteiger partial charge in [0.1, 0.15) is 6.33 Å². The molecule has 0 saturated carbocycles. The number of hydrogen-bond donors (Lipinski definition) is 1. The first-order valence-electron chi connectivity index (χ1n) is 6.82. The van der Waals surface area contributed by atoms with Gasteiger partial charge in [0.25, 0.3) is 0 Å². The normalized spacial score (nSPS) is 14.1. The van der Waals surface area contributed by atoms with E-state index in [1.807, 2.05) is 6.07 Å². The highest BCUT2D eigenvalue weighted by Gasteiger charge is 2.14. The van der Waals surface area contributed by atoms with Crippen LogP contribution in [0.3, 0.4) is 0 Å². The van der Waals surface area contributed by atoms with Gasteiger partial charge in [-0.3, -0.25) is 0 Å². The highest BCUT2D eigenvalue weighted by molar-refractivity contribution is 5.32. The summed E-state index contributed by atoms with van der Waals surface area (Å²) in [5.41, 5.74) is 9.48. The van der Waals surface area contributed by atoms with Crippen LogP contribution in [0.15, 0.2) is 42.9 Å². The van der Waals surface area contributed by atoms with Crippen LogP contribution < -0.4 is 5.73 Å². The predicted octanol–water partition coefficient (Wildman–Crippen LogP) is 3.08. The van der Waals surface area contributed by atoms with Crippen LogP contribution in [0.2, 0.25) is 0 Å². The highest BCUT2D eigenvalue weighted by atomic mass is 14.8. The Kier molecular flexibility index (Phi) is 4.63. The lowest BCUT2D eigenvalue weighted by molar-refractivity contribution is 0.730. The van der Waals surface area contributed by atoms with Gasteiger partial charge < -0.3 is 5.73 Å². The molecule has 1 aromatic heterocycles. The molecular weight excluding hydrogens is 234 g/mol. The van der Waals surface area contributed by atoms with Gasteiger partial charge in [-0.2, -0.15) is 0 Å². The number of rotatable bonds is 5. The van der Waals surface area contributed by atoms with Crippen LogP contribution in [0.25, 0.3) is 0 Å². The molecule has 0 radical (unpaired) electrons. The van der Waals surface area contributed by atoms with Gasteiger partial charge >= 0.3 is 0 Å². The monoisotopic (exact) mass is 255 g/mol. The Morgan fingerprint density at radius 2 is 1.79 bits per heavy atom. The molecule has 2 atom stereocenters. The Morgan fingerprint density at radius 3 is 2.32 bits per heavy atom. The first kappa shape index (κ1) is 13.7. The molecule has 0 aliphatic heterocycles. The quantitative estimate of drug-likeness (QED) is 0.893. The molecule has 2 N–H and O–H groups in total. The van der Waals surface area contributed by atoms with Crippen LogP contribution in [0.4, 0.5) is 0 Å². The summed E-state index contributed by atoms with van der Waals surface area (Å²) in [6, 6.07) is 10.7. The zero-order chi connectivity index (χ0) is 13.7. The van der Waals surface area contributed by atoms with Gasteiger partial charge in [-0.25, -0.2) is 9.97 Å². The second-order valence-electron chi connectivity index (χ2n) is 4.90. The molecule has 19 heavy (non-hydrogen) atoms. The average molecular weight is 255 g/mol. The number of benzene rings is 1. The van der Waals surface area contributed by atoms with Crippen molar-refractivity contribution in [1.29, 1.82) is 0 Å². The van der Waals surface area contributed by atoms with Crippen molar-refractivity contribution in [2.24, 2.45) is 5.73 Å². The van der Waals surface area contributed by atoms with Crippen molar-refractivity contribution in [2.45, 2.75) is 32.1 Å². The van der Waals surface area contributed by atoms with Gasteiger partial charge in [0, 0.05) is 18.7 Å². The van der Waals surface area contributed by atoms with Gasteiger partial charge in [0.15, 0.2) is 0 Å². The molecule has 0 amide bonds. The lowest BCUT2D eigenvalue weighted by Gasteiger charge is -2.16. The zero-order valence-electron chi connectivity index (χ0n) is 11.6. The minimum Gasteiger partial charge on any atom is -0.329 e. The Balaban J connectivity index is 2.25. The fourth-order valence-electron chi connectivity index (χ4n) is 2.23. The smallest absolute Gasteiger partial charge is 0.115 e. The summed E-state index contributed by atoms with van der Waals surface area (Å²) in [5, 5.41) is 0. The lowest BCUT2D eigenvalue weighted by atomic mass is 9.92. The number of aromatic nitrogens is 2. The molecule has 100 valence electrons. The molecule has 0 saturated heterocycles. The third-order valence-corrected chi connectivity index (χ3v) is 3.72. The maximum atomic E-state index is 5.90. The van der Waals surface area contributed by atoms with Crippen molar-refractivity contribution >= 4 is 0 Å². The van der Waals surface area contributed by atoms with Gasteiger partial charge in [-0.1, -0.05) is 38.1 Å². The molecule has 2 unspecified atom stereocenters. The maximum absolute atomic E-state index is 5.90. The fraction of sp³-hybridized carbons (Fsp3) is 0.375. The van der Waals surface area contributed by atoms with Crippen molar-refractivity contribution < 1.29 is 0 Å². The largest absolute Gasteiger partial charge is 0.329 e. The van der Waals surface area contributed by atoms with Crippen molar-refractivity contribution in [3.63, 3.8) is 0 Å². The van der Waals surface area contributed by atoms with Crippen molar-refractivity contribution in [3.05, 3.63) is 59.7 Å². The van der Waals surface area contributed by atoms with Gasteiger partial charge in [-0.15, -0.1) is 0 Å². The molecule has 2 aromatic rings. The lowest BCUT2D eigenvalue weighted by Crippen LogP contribution is -2.15. The van der Waals surface area contributed by atoms with Crippen molar-refractivity contribution in [1.82, 2.24) is 9.97 Å². The zero-order valence-corrected chi connectivity index (χ0v) is 11.6. The summed E-state index contributed by atoms with van der Waals surface area (Å²) in [5.74, 6) is 0.749. The number of nitrogens with two attached hydrogens (primary N) is 1. The van der Waals surface area contributed by atoms with Crippen LogP contribution in [0.5, 0.6) is 0 Å². The minimum atomic E-state index is 0.147. The summed E-state index contributed by atoms with van der Waals surface area (Å²) in [6.07, 6.45) is 4.50. The second-order valence-corrected chi connectivity index (χ2v) is 4.90. The van der Waals surface area contributed by atoms with Crippen LogP contribution in [0, 0.1) is 0 Å². The average Bonchev–Trinajstić information content (AvgIpc) is 2.49. The van der Waals surface area contributed by atoms with E-state index in [9.17, 15) is 0 Å². The molecule has 1 heterocycles. The van der Waals surface area contributed by atoms with E-state index >= 15 is 0 Å². The summed E-state index contributed by atoms with van der Waals surface area (Å²) in [4.78, 5) is 8.26. The van der Waals surface area contributed by atoms with E-state index in [-0.39, 0.29) is 5.92 Å². The van der Waals surface area contributed by atoms with E-state index in [0.717, 1.165) is 12.1 Å². The second kappa shape index (κ2) is 6.43. The summed E-state index contributed by atoms with van der Waals surface area (Å²) >= 11 is 0. The Morgan fingerprint density at radius 1 is 1.11 bits per heavy atom. The van der Waals surface area contributed by atoms with Crippen LogP contribution in [-0.2, 0) is 0 Å². The molecule has 0 aliphatic rings. The SMILES string of the molecule is CCC(C)c1ccc(C(CN)c2ccncn2)cc1. The van der Waals surface area contributed by atoms with E-state index in [0.29, 0.717) is 12.5 Å². The predicted molar refractivity (Wildman–Crippen MR) is 78.1 cm³/mol. The van der Waals surface area contributed by atoms with E-state index in [1.165, 1.54) is 11.1 Å². The van der Waals surface area contributed by atoms with E-state index in [4.69, 9.17) is 5.73 Å². The van der Waals surface area contributed by atoms with E-state index < -0.39 is 0 Å². The Hall–Kier alpha value is -1.74. The van der Waals surface area contributed by atoms with Gasteiger partial charge in [0.05, 0.1) is 5.69 Å². The topological polar surface area (TPSA) is 51.8 Å². The highest BCUT2D eigenvalue weighted by Crippen LogP contribution is 2.25. The molecular formula is C16H21N3. The van der Waals surface area contributed by atoms with Crippen LogP contribution in [-0.4, -0.2) is 16.5 Å². The summed E-state index contributed by atoms with van der Waals surface area (Å²) < 4.78 is 0. The first-order valence-corrected chi connectivity index (χ1v) is 6.82. The molecule has 0 aliphatic carbocycles. The van der Waals surface area contributed by atoms with Gasteiger partial charge in [-0.05, 0) is 29.5 Å². The summed E-state index contributed by atoms with van der Waals surface area (Å²) in [6.45, 7) is 5.02. The summed E-state index contributed by atoms with van der Waals surface area (Å²) in [7, 11) is 0. The molecule has 2 rings (SSSR count). The molecule has 0 fully saturated rings. The van der Waals surface area contributed by atoms with E-state index in [1.54, 1.807) is 12.5 Å².